The Labute approximate surface area is 161 Å². The predicted octanol–water partition coefficient (Wildman–Crippen LogP) is 3.50. The summed E-state index contributed by atoms with van der Waals surface area (Å²) in [5.41, 5.74) is 2.75. The molecule has 1 aromatic carbocycles. The van der Waals surface area contributed by atoms with Gasteiger partial charge in [-0.1, -0.05) is 29.8 Å². The average molecular weight is 384 g/mol. The van der Waals surface area contributed by atoms with Gasteiger partial charge in [-0.15, -0.1) is 10.2 Å². The third kappa shape index (κ3) is 3.14. The van der Waals surface area contributed by atoms with Crippen LogP contribution in [0, 0.1) is 6.92 Å². The van der Waals surface area contributed by atoms with Gasteiger partial charge in [-0.25, -0.2) is 0 Å². The highest BCUT2D eigenvalue weighted by Crippen LogP contribution is 2.42. The van der Waals surface area contributed by atoms with Crippen molar-refractivity contribution in [1.82, 2.24) is 20.0 Å². The van der Waals surface area contributed by atoms with Crippen LogP contribution in [-0.2, 0) is 4.79 Å². The normalized spacial score (nSPS) is 16.0. The minimum absolute atomic E-state index is 0.0816. The minimum atomic E-state index is -0.148. The van der Waals surface area contributed by atoms with Crippen LogP contribution in [0.2, 0.25) is 5.15 Å². The molecule has 1 N–H and O–H groups in total. The maximum absolute atomic E-state index is 12.5. The molecule has 0 saturated carbocycles. The first-order valence-electron chi connectivity index (χ1n) is 8.69. The van der Waals surface area contributed by atoms with Gasteiger partial charge in [-0.05, 0) is 32.0 Å². The van der Waals surface area contributed by atoms with Crippen LogP contribution in [0.1, 0.15) is 36.1 Å². The number of hydrogen-bond donors (Lipinski definition) is 1. The summed E-state index contributed by atoms with van der Waals surface area (Å²) < 4.78 is 7.39. The van der Waals surface area contributed by atoms with Crippen molar-refractivity contribution in [3.05, 3.63) is 58.4 Å². The molecule has 0 fully saturated rings. The van der Waals surface area contributed by atoms with E-state index in [0.29, 0.717) is 29.8 Å². The summed E-state index contributed by atoms with van der Waals surface area (Å²) in [6.07, 6.45) is 0.329. The first kappa shape index (κ1) is 17.5. The lowest BCUT2D eigenvalue weighted by Gasteiger charge is -2.25. The second kappa shape index (κ2) is 7.00. The number of nitrogens with zero attached hydrogens (tertiary/aromatic N) is 4. The smallest absolute Gasteiger partial charge is 0.226 e. The van der Waals surface area contributed by atoms with Gasteiger partial charge in [0.15, 0.2) is 11.0 Å². The van der Waals surface area contributed by atoms with E-state index in [-0.39, 0.29) is 11.8 Å². The molecule has 3 aromatic rings. The van der Waals surface area contributed by atoms with E-state index in [2.05, 4.69) is 20.6 Å². The van der Waals surface area contributed by atoms with Crippen LogP contribution in [0.15, 0.2) is 36.4 Å². The van der Waals surface area contributed by atoms with Crippen molar-refractivity contribution in [3.63, 3.8) is 0 Å². The molecule has 0 saturated heterocycles. The van der Waals surface area contributed by atoms with Crippen LogP contribution in [0.25, 0.3) is 5.82 Å². The lowest BCUT2D eigenvalue weighted by Crippen LogP contribution is -2.25. The van der Waals surface area contributed by atoms with Gasteiger partial charge in [-0.3, -0.25) is 4.79 Å². The number of aryl methyl sites for hydroxylation is 1. The summed E-state index contributed by atoms with van der Waals surface area (Å²) in [7, 11) is 0. The van der Waals surface area contributed by atoms with E-state index in [1.54, 1.807) is 16.8 Å². The summed E-state index contributed by atoms with van der Waals surface area (Å²) in [4.78, 5) is 12.5. The second-order valence-electron chi connectivity index (χ2n) is 6.25. The number of halogens is 1. The average Bonchev–Trinajstić information content (AvgIpc) is 2.99. The molecule has 2 aromatic heterocycles. The highest BCUT2D eigenvalue weighted by atomic mass is 35.5. The minimum Gasteiger partial charge on any atom is -0.494 e. The van der Waals surface area contributed by atoms with Gasteiger partial charge in [0.25, 0.3) is 0 Å². The van der Waals surface area contributed by atoms with Gasteiger partial charge in [-0.2, -0.15) is 9.78 Å². The molecule has 138 valence electrons. The summed E-state index contributed by atoms with van der Waals surface area (Å²) in [6, 6.07) is 11.2. The van der Waals surface area contributed by atoms with Crippen molar-refractivity contribution in [2.45, 2.75) is 26.2 Å². The molecule has 0 radical (unpaired) electrons. The van der Waals surface area contributed by atoms with Crippen LogP contribution in [0.3, 0.4) is 0 Å². The molecule has 4 rings (SSSR count). The van der Waals surface area contributed by atoms with Gasteiger partial charge >= 0.3 is 0 Å². The van der Waals surface area contributed by atoms with Gasteiger partial charge in [0.1, 0.15) is 11.6 Å². The van der Waals surface area contributed by atoms with E-state index in [4.69, 9.17) is 16.3 Å². The Bertz CT molecular complexity index is 1000. The number of carbonyl (C=O) groups excluding carboxylic acids is 1. The Morgan fingerprint density at radius 2 is 2.07 bits per heavy atom. The quantitative estimate of drug-likeness (QED) is 0.745. The fourth-order valence-electron chi connectivity index (χ4n) is 3.46. The van der Waals surface area contributed by atoms with Crippen LogP contribution >= 0.6 is 11.6 Å². The van der Waals surface area contributed by atoms with Crippen molar-refractivity contribution in [3.8, 4) is 11.6 Å². The Hall–Kier alpha value is -2.93. The number of aromatic nitrogens is 4. The molecule has 0 bridgehead atoms. The number of benzene rings is 1. The summed E-state index contributed by atoms with van der Waals surface area (Å²) in [5, 5.41) is 15.8. The third-order valence-electron chi connectivity index (χ3n) is 4.53. The lowest BCUT2D eigenvalue weighted by atomic mass is 9.85. The van der Waals surface area contributed by atoms with E-state index in [9.17, 15) is 4.79 Å². The molecule has 1 aliphatic heterocycles. The Balaban J connectivity index is 1.86. The van der Waals surface area contributed by atoms with E-state index in [1.807, 2.05) is 38.1 Å². The van der Waals surface area contributed by atoms with E-state index < -0.39 is 0 Å². The molecule has 27 heavy (non-hydrogen) atoms. The lowest BCUT2D eigenvalue weighted by molar-refractivity contribution is -0.116. The first-order chi connectivity index (χ1) is 13.1. The molecule has 1 aliphatic rings. The number of ether oxygens (including phenoxy) is 1. The molecular weight excluding hydrogens is 366 g/mol. The van der Waals surface area contributed by atoms with Crippen molar-refractivity contribution in [2.24, 2.45) is 0 Å². The van der Waals surface area contributed by atoms with Gasteiger partial charge in [0.05, 0.1) is 12.3 Å². The number of fused-ring (bicyclic) bond motifs is 1. The van der Waals surface area contributed by atoms with Crippen molar-refractivity contribution in [1.29, 1.82) is 0 Å². The molecule has 0 unspecified atom stereocenters. The maximum Gasteiger partial charge on any atom is 0.226 e. The van der Waals surface area contributed by atoms with E-state index in [0.717, 1.165) is 22.6 Å². The molecular formula is C19H18ClN5O2. The zero-order chi connectivity index (χ0) is 19.0. The molecule has 8 heteroatoms. The van der Waals surface area contributed by atoms with Crippen molar-refractivity contribution < 1.29 is 9.53 Å². The van der Waals surface area contributed by atoms with Crippen molar-refractivity contribution >= 4 is 23.3 Å². The first-order valence-corrected chi connectivity index (χ1v) is 9.07. The number of carbonyl (C=O) groups is 1. The van der Waals surface area contributed by atoms with Crippen LogP contribution < -0.4 is 10.1 Å². The fraction of sp³-hybridized carbons (Fsp3) is 0.263. The zero-order valence-corrected chi connectivity index (χ0v) is 15.7. The highest BCUT2D eigenvalue weighted by molar-refractivity contribution is 6.29. The number of rotatable bonds is 4. The SMILES string of the molecule is CCOc1ccccc1[C@H]1CC(=O)Nc2c1c(C)nn2-c1ccc(Cl)nn1. The van der Waals surface area contributed by atoms with Crippen LogP contribution in [-0.4, -0.2) is 32.5 Å². The Morgan fingerprint density at radius 1 is 1.26 bits per heavy atom. The predicted molar refractivity (Wildman–Crippen MR) is 102 cm³/mol. The fourth-order valence-corrected chi connectivity index (χ4v) is 3.56. The number of para-hydroxylation sites is 1. The van der Waals surface area contributed by atoms with Gasteiger partial charge in [0, 0.05) is 23.5 Å². The summed E-state index contributed by atoms with van der Waals surface area (Å²) >= 11 is 5.83. The molecule has 0 aliphatic carbocycles. The Kier molecular flexibility index (Phi) is 4.53. The molecule has 1 atom stereocenters. The maximum atomic E-state index is 12.5. The van der Waals surface area contributed by atoms with E-state index in [1.165, 1.54) is 0 Å². The van der Waals surface area contributed by atoms with Crippen molar-refractivity contribution in [2.75, 3.05) is 11.9 Å². The third-order valence-corrected chi connectivity index (χ3v) is 4.73. The zero-order valence-electron chi connectivity index (χ0n) is 14.9. The number of anilines is 1. The monoisotopic (exact) mass is 383 g/mol. The number of hydrogen-bond acceptors (Lipinski definition) is 5. The summed E-state index contributed by atoms with van der Waals surface area (Å²) in [5.74, 6) is 1.65. The molecule has 7 nitrogen and oxygen atoms in total. The molecule has 3 heterocycles. The van der Waals surface area contributed by atoms with Gasteiger partial charge in [0.2, 0.25) is 5.91 Å². The molecule has 1 amide bonds. The standard InChI is InChI=1S/C19H18ClN5O2/c1-3-27-14-7-5-4-6-12(14)13-10-17(26)21-19-18(13)11(2)24-25(19)16-9-8-15(20)22-23-16/h4-9,13H,3,10H2,1-2H3,(H,21,26)/t13-/m1/s1. The largest absolute Gasteiger partial charge is 0.494 e. The van der Waals surface area contributed by atoms with Crippen LogP contribution in [0.5, 0.6) is 5.75 Å². The van der Waals surface area contributed by atoms with Crippen LogP contribution in [0.4, 0.5) is 5.82 Å². The summed E-state index contributed by atoms with van der Waals surface area (Å²) in [6.45, 7) is 4.42. The number of amides is 1. The topological polar surface area (TPSA) is 81.9 Å². The second-order valence-corrected chi connectivity index (χ2v) is 6.64. The Morgan fingerprint density at radius 3 is 2.81 bits per heavy atom. The van der Waals surface area contributed by atoms with E-state index >= 15 is 0 Å². The van der Waals surface area contributed by atoms with Gasteiger partial charge < -0.3 is 10.1 Å². The number of nitrogens with one attached hydrogen (secondary N) is 1. The molecule has 0 spiro atoms. The highest BCUT2D eigenvalue weighted by Gasteiger charge is 2.34.